The van der Waals surface area contributed by atoms with Crippen molar-refractivity contribution in [1.29, 1.82) is 0 Å². The van der Waals surface area contributed by atoms with Gasteiger partial charge in [-0.1, -0.05) is 103 Å². The Morgan fingerprint density at radius 1 is 0.423 bits per heavy atom. The highest BCUT2D eigenvalue weighted by Gasteiger charge is 2.33. The summed E-state index contributed by atoms with van der Waals surface area (Å²) in [7, 11) is 0. The number of aromatic nitrogens is 1. The number of fused-ring (bicyclic) bond motifs is 6. The maximum absolute atomic E-state index is 13.4. The maximum Gasteiger partial charge on any atom is 0.197 e. The number of nitrogens with zero attached hydrogens (tertiary/aromatic N) is 2. The SMILES string of the molecule is O=C1C(=Cc2ccc3cc(N(c4ccccc4)c4cccc(-n5c6ccccc6c6ccccc65)c4)ccc3c2)C(=O)c2cc3ccccc3cc21. The number of benzene rings is 8. The fourth-order valence-corrected chi connectivity index (χ4v) is 7.78. The molecule has 0 amide bonds. The molecule has 8 aromatic carbocycles. The number of hydrogen-bond donors (Lipinski definition) is 0. The standard InChI is InChI=1S/C48H30N2O2/c51-47-42-28-32-11-4-5-12-33(32)29-43(42)48(52)44(47)26-31-21-22-35-27-39(24-23-34(35)25-31)49(36-13-2-1-3-14-36)37-15-10-16-38(30-37)50-45-19-8-6-17-40(45)41-18-7-9-20-46(41)50/h1-30H. The Labute approximate surface area is 300 Å². The molecule has 0 fully saturated rings. The molecule has 0 aliphatic heterocycles. The zero-order valence-corrected chi connectivity index (χ0v) is 28.0. The summed E-state index contributed by atoms with van der Waals surface area (Å²) in [6.45, 7) is 0. The molecule has 0 atom stereocenters. The molecule has 10 rings (SSSR count). The fraction of sp³-hybridized carbons (Fsp3) is 0. The number of carbonyl (C=O) groups is 2. The Hall–Kier alpha value is -7.04. The second-order valence-corrected chi connectivity index (χ2v) is 13.3. The summed E-state index contributed by atoms with van der Waals surface area (Å²) in [6.07, 6.45) is 1.74. The van der Waals surface area contributed by atoms with Crippen molar-refractivity contribution in [3.63, 3.8) is 0 Å². The molecule has 244 valence electrons. The third-order valence-electron chi connectivity index (χ3n) is 10.2. The number of rotatable bonds is 5. The average Bonchev–Trinajstić information content (AvgIpc) is 3.65. The lowest BCUT2D eigenvalue weighted by atomic mass is 10.0. The first-order chi connectivity index (χ1) is 25.6. The first-order valence-corrected chi connectivity index (χ1v) is 17.4. The van der Waals surface area contributed by atoms with E-state index in [1.807, 2.05) is 54.6 Å². The quantitative estimate of drug-likeness (QED) is 0.136. The Bertz CT molecular complexity index is 2840. The van der Waals surface area contributed by atoms with E-state index in [1.54, 1.807) is 6.08 Å². The molecule has 1 heterocycles. The molecule has 9 aromatic rings. The zero-order valence-electron chi connectivity index (χ0n) is 28.0. The van der Waals surface area contributed by atoms with Gasteiger partial charge in [0.05, 0.1) is 16.6 Å². The number of para-hydroxylation sites is 3. The summed E-state index contributed by atoms with van der Waals surface area (Å²) in [5.74, 6) is -0.439. The number of allylic oxidation sites excluding steroid dienone is 1. The van der Waals surface area contributed by atoms with E-state index >= 15 is 0 Å². The summed E-state index contributed by atoms with van der Waals surface area (Å²) < 4.78 is 2.34. The Balaban J connectivity index is 1.04. The molecule has 1 aliphatic rings. The molecule has 0 saturated carbocycles. The lowest BCUT2D eigenvalue weighted by Gasteiger charge is -2.26. The summed E-state index contributed by atoms with van der Waals surface area (Å²) in [5.41, 5.74) is 8.50. The Morgan fingerprint density at radius 3 is 1.65 bits per heavy atom. The zero-order chi connectivity index (χ0) is 34.8. The van der Waals surface area contributed by atoms with Gasteiger partial charge in [-0.05, 0) is 106 Å². The molecule has 0 unspecified atom stereocenters. The summed E-state index contributed by atoms with van der Waals surface area (Å²) in [5, 5.41) is 6.44. The smallest absolute Gasteiger partial charge is 0.197 e. The minimum atomic E-state index is -0.220. The molecule has 0 N–H and O–H groups in total. The lowest BCUT2D eigenvalue weighted by molar-refractivity contribution is 0.0990. The molecule has 1 aromatic heterocycles. The van der Waals surface area contributed by atoms with Crippen molar-refractivity contribution < 1.29 is 9.59 Å². The molecule has 4 nitrogen and oxygen atoms in total. The number of anilines is 3. The minimum Gasteiger partial charge on any atom is -0.310 e. The number of hydrogen-bond acceptors (Lipinski definition) is 3. The van der Waals surface area contributed by atoms with Crippen molar-refractivity contribution in [2.75, 3.05) is 4.90 Å². The van der Waals surface area contributed by atoms with Gasteiger partial charge in [-0.2, -0.15) is 0 Å². The van der Waals surface area contributed by atoms with Gasteiger partial charge in [-0.3, -0.25) is 9.59 Å². The van der Waals surface area contributed by atoms with Gasteiger partial charge >= 0.3 is 0 Å². The van der Waals surface area contributed by atoms with Crippen LogP contribution in [0.2, 0.25) is 0 Å². The van der Waals surface area contributed by atoms with E-state index in [-0.39, 0.29) is 17.1 Å². The molecule has 1 aliphatic carbocycles. The Kier molecular flexibility index (Phi) is 6.76. The van der Waals surface area contributed by atoms with Crippen molar-refractivity contribution in [2.45, 2.75) is 0 Å². The molecule has 0 bridgehead atoms. The topological polar surface area (TPSA) is 42.3 Å². The van der Waals surface area contributed by atoms with Crippen LogP contribution in [0.25, 0.3) is 55.1 Å². The summed E-state index contributed by atoms with van der Waals surface area (Å²) in [4.78, 5) is 29.2. The monoisotopic (exact) mass is 666 g/mol. The van der Waals surface area contributed by atoms with Gasteiger partial charge in [-0.15, -0.1) is 0 Å². The maximum atomic E-state index is 13.4. The van der Waals surface area contributed by atoms with Crippen LogP contribution in [0.1, 0.15) is 26.3 Å². The highest BCUT2D eigenvalue weighted by atomic mass is 16.2. The van der Waals surface area contributed by atoms with E-state index in [0.29, 0.717) is 11.1 Å². The van der Waals surface area contributed by atoms with E-state index in [1.165, 1.54) is 21.8 Å². The normalized spacial score (nSPS) is 12.7. The van der Waals surface area contributed by atoms with Crippen LogP contribution in [0.5, 0.6) is 0 Å². The van der Waals surface area contributed by atoms with E-state index in [2.05, 4.69) is 131 Å². The van der Waals surface area contributed by atoms with Crippen LogP contribution in [0.15, 0.2) is 181 Å². The first kappa shape index (κ1) is 29.8. The molecule has 0 radical (unpaired) electrons. The number of carbonyl (C=O) groups excluding carboxylic acids is 2. The predicted molar refractivity (Wildman–Crippen MR) is 214 cm³/mol. The van der Waals surface area contributed by atoms with Crippen molar-refractivity contribution in [2.24, 2.45) is 0 Å². The Morgan fingerprint density at radius 2 is 0.962 bits per heavy atom. The molecular formula is C48H30N2O2. The van der Waals surface area contributed by atoms with Crippen LogP contribution >= 0.6 is 0 Å². The van der Waals surface area contributed by atoms with Crippen LogP contribution in [0, 0.1) is 0 Å². The molecule has 0 spiro atoms. The number of ketones is 2. The minimum absolute atomic E-state index is 0.208. The van der Waals surface area contributed by atoms with Crippen molar-refractivity contribution in [3.8, 4) is 5.69 Å². The second kappa shape index (κ2) is 11.8. The summed E-state index contributed by atoms with van der Waals surface area (Å²) >= 11 is 0. The van der Waals surface area contributed by atoms with Gasteiger partial charge in [-0.25, -0.2) is 0 Å². The van der Waals surface area contributed by atoms with Crippen LogP contribution in [0.3, 0.4) is 0 Å². The summed E-state index contributed by atoms with van der Waals surface area (Å²) in [6, 6.07) is 60.3. The van der Waals surface area contributed by atoms with Crippen molar-refractivity contribution >= 4 is 78.1 Å². The van der Waals surface area contributed by atoms with Gasteiger partial charge in [0.15, 0.2) is 11.6 Å². The van der Waals surface area contributed by atoms with Gasteiger partial charge in [0.25, 0.3) is 0 Å². The van der Waals surface area contributed by atoms with Crippen LogP contribution in [-0.2, 0) is 0 Å². The number of Topliss-reactive ketones (excluding diaryl/α,β-unsaturated/α-hetero) is 2. The lowest BCUT2D eigenvalue weighted by Crippen LogP contribution is -2.10. The highest BCUT2D eigenvalue weighted by Crippen LogP contribution is 2.39. The van der Waals surface area contributed by atoms with Crippen molar-refractivity contribution in [3.05, 3.63) is 198 Å². The molecule has 0 saturated heterocycles. The fourth-order valence-electron chi connectivity index (χ4n) is 7.78. The van der Waals surface area contributed by atoms with Crippen LogP contribution in [0.4, 0.5) is 17.1 Å². The average molecular weight is 667 g/mol. The predicted octanol–water partition coefficient (Wildman–Crippen LogP) is 12.0. The van der Waals surface area contributed by atoms with Gasteiger partial charge < -0.3 is 9.47 Å². The largest absolute Gasteiger partial charge is 0.310 e. The van der Waals surface area contributed by atoms with Gasteiger partial charge in [0.1, 0.15) is 0 Å². The van der Waals surface area contributed by atoms with E-state index in [0.717, 1.165) is 49.9 Å². The van der Waals surface area contributed by atoms with Crippen molar-refractivity contribution in [1.82, 2.24) is 4.57 Å². The highest BCUT2D eigenvalue weighted by molar-refractivity contribution is 6.42. The van der Waals surface area contributed by atoms with Crippen LogP contribution < -0.4 is 4.90 Å². The molecular weight excluding hydrogens is 637 g/mol. The first-order valence-electron chi connectivity index (χ1n) is 17.4. The van der Waals surface area contributed by atoms with E-state index in [9.17, 15) is 9.59 Å². The van der Waals surface area contributed by atoms with Gasteiger partial charge in [0, 0.05) is 44.6 Å². The third-order valence-corrected chi connectivity index (χ3v) is 10.2. The molecule has 4 heteroatoms. The second-order valence-electron chi connectivity index (χ2n) is 13.3. The molecule has 52 heavy (non-hydrogen) atoms. The van der Waals surface area contributed by atoms with E-state index < -0.39 is 0 Å². The van der Waals surface area contributed by atoms with Crippen LogP contribution in [-0.4, -0.2) is 16.1 Å². The van der Waals surface area contributed by atoms with E-state index in [4.69, 9.17) is 0 Å². The third kappa shape index (κ3) is 4.77. The van der Waals surface area contributed by atoms with Gasteiger partial charge in [0.2, 0.25) is 0 Å².